The first-order chi connectivity index (χ1) is 21.4. The van der Waals surface area contributed by atoms with Crippen molar-refractivity contribution in [2.75, 3.05) is 0 Å². The Balaban J connectivity index is 1.47. The van der Waals surface area contributed by atoms with Gasteiger partial charge >= 0.3 is 0 Å². The highest BCUT2D eigenvalue weighted by Crippen LogP contribution is 2.47. The molecule has 0 aliphatic heterocycles. The van der Waals surface area contributed by atoms with Gasteiger partial charge in [0.15, 0.2) is 0 Å². The van der Waals surface area contributed by atoms with Crippen LogP contribution in [-0.4, -0.2) is 9.13 Å². The van der Waals surface area contributed by atoms with Gasteiger partial charge in [0, 0.05) is 55.1 Å². The maximum atomic E-state index is 6.37. The molecule has 10 aromatic rings. The predicted octanol–water partition coefficient (Wildman–Crippen LogP) is 10.9. The van der Waals surface area contributed by atoms with Crippen LogP contribution in [0.2, 0.25) is 0 Å². The lowest BCUT2D eigenvalue weighted by molar-refractivity contribution is 0.668. The molecule has 3 heteroatoms. The maximum Gasteiger partial charge on any atom is 0.137 e. The maximum absolute atomic E-state index is 6.37. The molecule has 10 rings (SSSR count). The zero-order valence-electron chi connectivity index (χ0n) is 23.2. The molecule has 7 aromatic carbocycles. The molecule has 0 saturated carbocycles. The number of benzene rings is 7. The SMILES string of the molecule is c1ccc(-n2c3ccccc3c3c4ccccc4c4c(c5ccccc5n4-c4ccc5c(c4)oc4ccccc45)c32)cc1. The topological polar surface area (TPSA) is 23.0 Å². The summed E-state index contributed by atoms with van der Waals surface area (Å²) in [4.78, 5) is 0. The molecule has 0 amide bonds. The Kier molecular flexibility index (Phi) is 4.45. The molecule has 0 atom stereocenters. The van der Waals surface area contributed by atoms with Crippen LogP contribution >= 0.6 is 0 Å². The zero-order chi connectivity index (χ0) is 28.1. The Morgan fingerprint density at radius 3 is 1.67 bits per heavy atom. The van der Waals surface area contributed by atoms with Crippen LogP contribution in [0.5, 0.6) is 0 Å². The Morgan fingerprint density at radius 1 is 0.349 bits per heavy atom. The van der Waals surface area contributed by atoms with E-state index in [1.807, 2.05) is 12.1 Å². The van der Waals surface area contributed by atoms with E-state index in [4.69, 9.17) is 4.42 Å². The lowest BCUT2D eigenvalue weighted by Gasteiger charge is -2.13. The first-order valence-corrected chi connectivity index (χ1v) is 14.7. The number of aromatic nitrogens is 2. The van der Waals surface area contributed by atoms with Crippen LogP contribution in [0.3, 0.4) is 0 Å². The van der Waals surface area contributed by atoms with E-state index < -0.39 is 0 Å². The molecule has 0 spiro atoms. The Hall–Kier alpha value is -5.80. The van der Waals surface area contributed by atoms with Crippen LogP contribution in [0.15, 0.2) is 150 Å². The molecular weight excluding hydrogens is 524 g/mol. The normalized spacial score (nSPS) is 12.2. The van der Waals surface area contributed by atoms with E-state index in [9.17, 15) is 0 Å². The molecule has 0 fully saturated rings. The smallest absolute Gasteiger partial charge is 0.137 e. The van der Waals surface area contributed by atoms with Crippen molar-refractivity contribution >= 4 is 76.3 Å². The largest absolute Gasteiger partial charge is 0.456 e. The van der Waals surface area contributed by atoms with Gasteiger partial charge in [-0.05, 0) is 47.9 Å². The summed E-state index contributed by atoms with van der Waals surface area (Å²) in [5.74, 6) is 0. The number of hydrogen-bond donors (Lipinski definition) is 0. The molecule has 3 aromatic heterocycles. The Morgan fingerprint density at radius 2 is 0.907 bits per heavy atom. The molecular formula is C40H24N2O. The highest BCUT2D eigenvalue weighted by molar-refractivity contribution is 6.36. The third-order valence-electron chi connectivity index (χ3n) is 9.07. The van der Waals surface area contributed by atoms with Crippen molar-refractivity contribution in [2.45, 2.75) is 0 Å². The van der Waals surface area contributed by atoms with Crippen LogP contribution in [-0.2, 0) is 0 Å². The highest BCUT2D eigenvalue weighted by Gasteiger charge is 2.24. The van der Waals surface area contributed by atoms with Gasteiger partial charge in [-0.2, -0.15) is 0 Å². The third-order valence-corrected chi connectivity index (χ3v) is 9.07. The number of rotatable bonds is 2. The average molecular weight is 549 g/mol. The number of hydrogen-bond acceptors (Lipinski definition) is 1. The van der Waals surface area contributed by atoms with E-state index in [2.05, 4.69) is 143 Å². The molecule has 0 aliphatic rings. The molecule has 0 radical (unpaired) electrons. The standard InChI is InChI=1S/C40H24N2O/c1-2-12-25(13-3-1)41-33-19-9-6-17-31(33)37-29-15-4-5-16-30(29)39-38(40(37)41)32-18-7-10-20-34(32)42(39)26-22-23-28-27-14-8-11-21-35(27)43-36(28)24-26/h1-24H. The van der Waals surface area contributed by atoms with Crippen molar-refractivity contribution in [3.63, 3.8) is 0 Å². The van der Waals surface area contributed by atoms with Crippen molar-refractivity contribution < 1.29 is 4.42 Å². The summed E-state index contributed by atoms with van der Waals surface area (Å²) >= 11 is 0. The fourth-order valence-corrected chi connectivity index (χ4v) is 7.36. The second kappa shape index (κ2) is 8.37. The molecule has 0 aliphatic carbocycles. The van der Waals surface area contributed by atoms with E-state index in [1.165, 1.54) is 54.4 Å². The minimum Gasteiger partial charge on any atom is -0.456 e. The average Bonchev–Trinajstić information content (AvgIpc) is 3.73. The first-order valence-electron chi connectivity index (χ1n) is 14.7. The van der Waals surface area contributed by atoms with E-state index in [0.717, 1.165) is 33.3 Å². The molecule has 3 nitrogen and oxygen atoms in total. The second-order valence-electron chi connectivity index (χ2n) is 11.3. The molecule has 0 unspecified atom stereocenters. The van der Waals surface area contributed by atoms with E-state index in [-0.39, 0.29) is 0 Å². The lowest BCUT2D eigenvalue weighted by atomic mass is 9.99. The quantitative estimate of drug-likeness (QED) is 0.211. The number of furan rings is 1. The van der Waals surface area contributed by atoms with Crippen molar-refractivity contribution in [1.82, 2.24) is 9.13 Å². The van der Waals surface area contributed by atoms with Gasteiger partial charge in [-0.15, -0.1) is 0 Å². The van der Waals surface area contributed by atoms with Crippen molar-refractivity contribution in [3.8, 4) is 11.4 Å². The van der Waals surface area contributed by atoms with Gasteiger partial charge in [-0.1, -0.05) is 97.1 Å². The van der Waals surface area contributed by atoms with E-state index in [0.29, 0.717) is 0 Å². The lowest BCUT2D eigenvalue weighted by Crippen LogP contribution is -1.96. The molecule has 200 valence electrons. The summed E-state index contributed by atoms with van der Waals surface area (Å²) in [6.07, 6.45) is 0. The van der Waals surface area contributed by atoms with E-state index >= 15 is 0 Å². The summed E-state index contributed by atoms with van der Waals surface area (Å²) in [5.41, 5.74) is 8.89. The fraction of sp³-hybridized carbons (Fsp3) is 0. The Labute approximate surface area is 246 Å². The zero-order valence-corrected chi connectivity index (χ0v) is 23.2. The summed E-state index contributed by atoms with van der Waals surface area (Å²) in [6, 6.07) is 52.2. The molecule has 0 N–H and O–H groups in total. The second-order valence-corrected chi connectivity index (χ2v) is 11.3. The van der Waals surface area contributed by atoms with Gasteiger partial charge in [-0.25, -0.2) is 0 Å². The minimum atomic E-state index is 0.897. The first kappa shape index (κ1) is 22.8. The number of para-hydroxylation sites is 4. The van der Waals surface area contributed by atoms with Crippen LogP contribution < -0.4 is 0 Å². The summed E-state index contributed by atoms with van der Waals surface area (Å²) < 4.78 is 11.3. The van der Waals surface area contributed by atoms with Gasteiger partial charge in [0.2, 0.25) is 0 Å². The number of fused-ring (bicyclic) bond motifs is 13. The van der Waals surface area contributed by atoms with Crippen molar-refractivity contribution in [3.05, 3.63) is 146 Å². The monoisotopic (exact) mass is 548 g/mol. The Bertz CT molecular complexity index is 2720. The van der Waals surface area contributed by atoms with Crippen LogP contribution in [0.1, 0.15) is 0 Å². The summed E-state index contributed by atoms with van der Waals surface area (Å²) in [7, 11) is 0. The molecule has 3 heterocycles. The van der Waals surface area contributed by atoms with Crippen LogP contribution in [0, 0.1) is 0 Å². The highest BCUT2D eigenvalue weighted by atomic mass is 16.3. The molecule has 0 saturated heterocycles. The van der Waals surface area contributed by atoms with Gasteiger partial charge in [-0.3, -0.25) is 0 Å². The fourth-order valence-electron chi connectivity index (χ4n) is 7.36. The van der Waals surface area contributed by atoms with Gasteiger partial charge in [0.05, 0.1) is 22.1 Å². The predicted molar refractivity (Wildman–Crippen MR) is 180 cm³/mol. The molecule has 43 heavy (non-hydrogen) atoms. The van der Waals surface area contributed by atoms with Gasteiger partial charge < -0.3 is 13.6 Å². The summed E-state index contributed by atoms with van der Waals surface area (Å²) in [5, 5.41) is 9.82. The number of nitrogens with zero attached hydrogens (tertiary/aromatic N) is 2. The van der Waals surface area contributed by atoms with Crippen molar-refractivity contribution in [2.24, 2.45) is 0 Å². The van der Waals surface area contributed by atoms with E-state index in [1.54, 1.807) is 0 Å². The molecule has 0 bridgehead atoms. The van der Waals surface area contributed by atoms with Gasteiger partial charge in [0.25, 0.3) is 0 Å². The van der Waals surface area contributed by atoms with Gasteiger partial charge in [0.1, 0.15) is 11.2 Å². The van der Waals surface area contributed by atoms with Crippen molar-refractivity contribution in [1.29, 1.82) is 0 Å². The van der Waals surface area contributed by atoms with Crippen LogP contribution in [0.4, 0.5) is 0 Å². The minimum absolute atomic E-state index is 0.897. The third kappa shape index (κ3) is 2.98. The van der Waals surface area contributed by atoms with Crippen LogP contribution in [0.25, 0.3) is 87.7 Å². The summed E-state index contributed by atoms with van der Waals surface area (Å²) in [6.45, 7) is 0.